The number of rotatable bonds is 6. The predicted octanol–water partition coefficient (Wildman–Crippen LogP) is 3.31. The SMILES string of the molecule is CC1CC1C(=O)Nc1cccc(C(=O)N2CCC(NCC3CC3)CC2)c1.Cl. The van der Waals surface area contributed by atoms with Crippen molar-refractivity contribution in [2.75, 3.05) is 25.0 Å². The van der Waals surface area contributed by atoms with Gasteiger partial charge in [-0.15, -0.1) is 12.4 Å². The molecule has 2 unspecified atom stereocenters. The van der Waals surface area contributed by atoms with Crippen LogP contribution in [0.4, 0.5) is 5.69 Å². The van der Waals surface area contributed by atoms with Gasteiger partial charge in [0.15, 0.2) is 0 Å². The monoisotopic (exact) mass is 391 g/mol. The topological polar surface area (TPSA) is 61.4 Å². The molecule has 2 aliphatic carbocycles. The fraction of sp³-hybridized carbons (Fsp3) is 0.619. The van der Waals surface area contributed by atoms with Gasteiger partial charge < -0.3 is 15.5 Å². The van der Waals surface area contributed by atoms with Gasteiger partial charge in [0.2, 0.25) is 5.91 Å². The average molecular weight is 392 g/mol. The first-order valence-corrected chi connectivity index (χ1v) is 10.0. The van der Waals surface area contributed by atoms with Crippen LogP contribution in [0.3, 0.4) is 0 Å². The van der Waals surface area contributed by atoms with Gasteiger partial charge in [-0.05, 0) is 68.7 Å². The molecule has 0 spiro atoms. The van der Waals surface area contributed by atoms with E-state index in [1.165, 1.54) is 12.8 Å². The van der Waals surface area contributed by atoms with Gasteiger partial charge in [-0.2, -0.15) is 0 Å². The molecule has 1 aromatic carbocycles. The number of carbonyl (C=O) groups excluding carboxylic acids is 2. The Morgan fingerprint density at radius 1 is 1.15 bits per heavy atom. The molecule has 4 rings (SSSR count). The summed E-state index contributed by atoms with van der Waals surface area (Å²) in [4.78, 5) is 26.9. The van der Waals surface area contributed by atoms with Gasteiger partial charge in [0, 0.05) is 36.3 Å². The van der Waals surface area contributed by atoms with E-state index in [0.29, 0.717) is 17.5 Å². The standard InChI is InChI=1S/C21H29N3O2.ClH/c1-14-11-19(14)20(25)23-18-4-2-3-16(12-18)21(26)24-9-7-17(8-10-24)22-13-15-5-6-15;/h2-4,12,14-15,17,19,22H,5-11,13H2,1H3,(H,23,25);1H. The van der Waals surface area contributed by atoms with Crippen LogP contribution in [0.15, 0.2) is 24.3 Å². The fourth-order valence-electron chi connectivity index (χ4n) is 3.78. The number of anilines is 1. The third-order valence-electron chi connectivity index (χ3n) is 6.00. The van der Waals surface area contributed by atoms with Crippen LogP contribution in [0.2, 0.25) is 0 Å². The molecule has 0 radical (unpaired) electrons. The Labute approximate surface area is 167 Å². The summed E-state index contributed by atoms with van der Waals surface area (Å²) in [6.07, 6.45) is 5.75. The number of benzene rings is 1. The van der Waals surface area contributed by atoms with Crippen LogP contribution in [0.1, 0.15) is 49.4 Å². The first kappa shape index (κ1) is 20.2. The quantitative estimate of drug-likeness (QED) is 0.782. The van der Waals surface area contributed by atoms with Crippen molar-refractivity contribution in [3.05, 3.63) is 29.8 Å². The molecule has 3 aliphatic rings. The number of hydrogen-bond acceptors (Lipinski definition) is 3. The van der Waals surface area contributed by atoms with E-state index in [1.54, 1.807) is 0 Å². The molecule has 148 valence electrons. The number of nitrogens with zero attached hydrogens (tertiary/aromatic N) is 1. The molecule has 6 heteroatoms. The van der Waals surface area contributed by atoms with Crippen molar-refractivity contribution in [2.45, 2.75) is 45.1 Å². The molecular weight excluding hydrogens is 362 g/mol. The van der Waals surface area contributed by atoms with Gasteiger partial charge in [0.1, 0.15) is 0 Å². The maximum Gasteiger partial charge on any atom is 0.253 e. The first-order chi connectivity index (χ1) is 12.6. The lowest BCUT2D eigenvalue weighted by atomic mass is 10.0. The zero-order chi connectivity index (χ0) is 18.1. The Kier molecular flexibility index (Phi) is 6.43. The van der Waals surface area contributed by atoms with Crippen molar-refractivity contribution in [1.82, 2.24) is 10.2 Å². The maximum absolute atomic E-state index is 12.8. The lowest BCUT2D eigenvalue weighted by Crippen LogP contribution is -2.45. The third-order valence-corrected chi connectivity index (χ3v) is 6.00. The number of nitrogens with one attached hydrogen (secondary N) is 2. The number of halogens is 1. The van der Waals surface area contributed by atoms with Crippen molar-refractivity contribution < 1.29 is 9.59 Å². The lowest BCUT2D eigenvalue weighted by Gasteiger charge is -2.32. The molecular formula is C21H30ClN3O2. The Balaban J connectivity index is 0.00000210. The van der Waals surface area contributed by atoms with Crippen LogP contribution >= 0.6 is 12.4 Å². The van der Waals surface area contributed by atoms with E-state index in [1.807, 2.05) is 29.2 Å². The summed E-state index contributed by atoms with van der Waals surface area (Å²) < 4.78 is 0. The first-order valence-electron chi connectivity index (χ1n) is 10.0. The van der Waals surface area contributed by atoms with E-state index in [0.717, 1.165) is 50.5 Å². The molecule has 2 amide bonds. The Morgan fingerprint density at radius 3 is 2.48 bits per heavy atom. The summed E-state index contributed by atoms with van der Waals surface area (Å²) in [6, 6.07) is 7.91. The zero-order valence-electron chi connectivity index (χ0n) is 15.9. The highest BCUT2D eigenvalue weighted by atomic mass is 35.5. The number of amides is 2. The highest BCUT2D eigenvalue weighted by molar-refractivity contribution is 5.98. The molecule has 0 bridgehead atoms. The van der Waals surface area contributed by atoms with Gasteiger partial charge >= 0.3 is 0 Å². The van der Waals surface area contributed by atoms with Crippen LogP contribution in [0.5, 0.6) is 0 Å². The molecule has 2 atom stereocenters. The average Bonchev–Trinajstić information content (AvgIpc) is 3.57. The van der Waals surface area contributed by atoms with Gasteiger partial charge in [0.25, 0.3) is 5.91 Å². The van der Waals surface area contributed by atoms with Crippen molar-refractivity contribution in [3.63, 3.8) is 0 Å². The van der Waals surface area contributed by atoms with Gasteiger partial charge in [-0.25, -0.2) is 0 Å². The molecule has 2 saturated carbocycles. The highest BCUT2D eigenvalue weighted by Gasteiger charge is 2.39. The molecule has 1 aliphatic heterocycles. The maximum atomic E-state index is 12.8. The van der Waals surface area contributed by atoms with Crippen LogP contribution in [-0.2, 0) is 4.79 Å². The summed E-state index contributed by atoms with van der Waals surface area (Å²) in [5.74, 6) is 1.66. The Bertz CT molecular complexity index is 684. The van der Waals surface area contributed by atoms with E-state index in [2.05, 4.69) is 17.6 Å². The van der Waals surface area contributed by atoms with Crippen LogP contribution in [0.25, 0.3) is 0 Å². The Hall–Kier alpha value is -1.59. The molecule has 27 heavy (non-hydrogen) atoms. The summed E-state index contributed by atoms with van der Waals surface area (Å²) in [5, 5.41) is 6.60. The summed E-state index contributed by atoms with van der Waals surface area (Å²) in [7, 11) is 0. The smallest absolute Gasteiger partial charge is 0.253 e. The van der Waals surface area contributed by atoms with Crippen LogP contribution in [0, 0.1) is 17.8 Å². The molecule has 2 N–H and O–H groups in total. The number of likely N-dealkylation sites (tertiary alicyclic amines) is 1. The fourth-order valence-corrected chi connectivity index (χ4v) is 3.78. The van der Waals surface area contributed by atoms with E-state index >= 15 is 0 Å². The predicted molar refractivity (Wildman–Crippen MR) is 109 cm³/mol. The summed E-state index contributed by atoms with van der Waals surface area (Å²) in [5.41, 5.74) is 1.39. The van der Waals surface area contributed by atoms with Crippen molar-refractivity contribution >= 4 is 29.9 Å². The minimum absolute atomic E-state index is 0. The number of hydrogen-bond donors (Lipinski definition) is 2. The minimum Gasteiger partial charge on any atom is -0.339 e. The summed E-state index contributed by atoms with van der Waals surface area (Å²) in [6.45, 7) is 4.84. The van der Waals surface area contributed by atoms with Crippen molar-refractivity contribution in [2.24, 2.45) is 17.8 Å². The summed E-state index contributed by atoms with van der Waals surface area (Å²) >= 11 is 0. The van der Waals surface area contributed by atoms with Crippen molar-refractivity contribution in [3.8, 4) is 0 Å². The minimum atomic E-state index is 0. The lowest BCUT2D eigenvalue weighted by molar-refractivity contribution is -0.117. The number of piperidine rings is 1. The second kappa shape index (κ2) is 8.61. The number of carbonyl (C=O) groups is 2. The van der Waals surface area contributed by atoms with E-state index in [9.17, 15) is 9.59 Å². The molecule has 1 aromatic rings. The third kappa shape index (κ3) is 5.23. The zero-order valence-corrected chi connectivity index (χ0v) is 16.8. The second-order valence-electron chi connectivity index (χ2n) is 8.31. The molecule has 5 nitrogen and oxygen atoms in total. The van der Waals surface area contributed by atoms with Gasteiger partial charge in [-0.1, -0.05) is 13.0 Å². The largest absolute Gasteiger partial charge is 0.339 e. The van der Waals surface area contributed by atoms with Crippen molar-refractivity contribution in [1.29, 1.82) is 0 Å². The highest BCUT2D eigenvalue weighted by Crippen LogP contribution is 2.38. The molecule has 3 fully saturated rings. The molecule has 0 aromatic heterocycles. The van der Waals surface area contributed by atoms with Gasteiger partial charge in [0.05, 0.1) is 0 Å². The van der Waals surface area contributed by atoms with Crippen LogP contribution < -0.4 is 10.6 Å². The second-order valence-corrected chi connectivity index (χ2v) is 8.31. The molecule has 1 heterocycles. The normalized spacial score (nSPS) is 24.9. The molecule has 1 saturated heterocycles. The van der Waals surface area contributed by atoms with E-state index in [-0.39, 0.29) is 30.1 Å². The van der Waals surface area contributed by atoms with Gasteiger partial charge in [-0.3, -0.25) is 9.59 Å². The van der Waals surface area contributed by atoms with Crippen LogP contribution in [-0.4, -0.2) is 42.4 Å². The Morgan fingerprint density at radius 2 is 1.85 bits per heavy atom. The van der Waals surface area contributed by atoms with E-state index < -0.39 is 0 Å². The van der Waals surface area contributed by atoms with E-state index in [4.69, 9.17) is 0 Å².